The minimum atomic E-state index is 0.694. The summed E-state index contributed by atoms with van der Waals surface area (Å²) < 4.78 is 1.87. The van der Waals surface area contributed by atoms with Crippen LogP contribution in [0.15, 0.2) is 54.7 Å². The molecule has 0 unspecified atom stereocenters. The largest absolute Gasteiger partial charge is 0.344 e. The normalized spacial score (nSPS) is 11.1. The van der Waals surface area contributed by atoms with Gasteiger partial charge in [0, 0.05) is 19.3 Å². The summed E-state index contributed by atoms with van der Waals surface area (Å²) in [5, 5.41) is 9.01. The molecule has 4 rings (SSSR count). The topological polar surface area (TPSA) is 58.9 Å². The highest BCUT2D eigenvalue weighted by atomic mass is 15.3. The van der Waals surface area contributed by atoms with Crippen molar-refractivity contribution in [2.75, 3.05) is 23.8 Å². The summed E-state index contributed by atoms with van der Waals surface area (Å²) in [6.45, 7) is 7.33. The Morgan fingerprint density at radius 2 is 1.80 bits per heavy atom. The lowest BCUT2D eigenvalue weighted by Crippen LogP contribution is -2.21. The van der Waals surface area contributed by atoms with Crippen LogP contribution in [0.5, 0.6) is 0 Å². The number of hydrogen-bond donors (Lipinski definition) is 1. The summed E-state index contributed by atoms with van der Waals surface area (Å²) in [5.41, 5.74) is 5.29. The van der Waals surface area contributed by atoms with Crippen LogP contribution in [-0.2, 0) is 0 Å². The van der Waals surface area contributed by atoms with Crippen LogP contribution in [0.3, 0.4) is 0 Å². The van der Waals surface area contributed by atoms with Crippen molar-refractivity contribution < 1.29 is 0 Å². The number of aryl methyl sites for hydroxylation is 2. The zero-order valence-electron chi connectivity index (χ0n) is 18.1. The fraction of sp³-hybridized carbons (Fsp3) is 0.292. The molecule has 6 heteroatoms. The Hall–Kier alpha value is -3.41. The van der Waals surface area contributed by atoms with Crippen LogP contribution in [0.4, 0.5) is 17.5 Å². The minimum absolute atomic E-state index is 0.694. The van der Waals surface area contributed by atoms with Crippen LogP contribution in [0, 0.1) is 13.8 Å². The first-order valence-electron chi connectivity index (χ1n) is 10.4. The van der Waals surface area contributed by atoms with Gasteiger partial charge in [0.15, 0.2) is 5.65 Å². The molecule has 0 aliphatic carbocycles. The molecule has 154 valence electrons. The Balaban J connectivity index is 1.82. The zero-order valence-corrected chi connectivity index (χ0v) is 18.1. The SMILES string of the molecule is CCCCN(C)c1nc(Nc2ccc(C)c(C)c2)c2cnn(-c3ccccc3)c2n1. The van der Waals surface area contributed by atoms with E-state index in [1.807, 2.05) is 48.3 Å². The van der Waals surface area contributed by atoms with Gasteiger partial charge in [0.25, 0.3) is 0 Å². The summed E-state index contributed by atoms with van der Waals surface area (Å²) in [4.78, 5) is 11.8. The maximum atomic E-state index is 4.87. The van der Waals surface area contributed by atoms with Crippen LogP contribution in [0.25, 0.3) is 16.7 Å². The Morgan fingerprint density at radius 3 is 2.53 bits per heavy atom. The molecular formula is C24H28N6. The Bertz CT molecular complexity index is 1150. The molecular weight excluding hydrogens is 372 g/mol. The second-order valence-corrected chi connectivity index (χ2v) is 7.70. The van der Waals surface area contributed by atoms with E-state index < -0.39 is 0 Å². The number of fused-ring (bicyclic) bond motifs is 1. The van der Waals surface area contributed by atoms with Gasteiger partial charge >= 0.3 is 0 Å². The van der Waals surface area contributed by atoms with E-state index in [4.69, 9.17) is 9.97 Å². The number of nitrogens with zero attached hydrogens (tertiary/aromatic N) is 5. The van der Waals surface area contributed by atoms with E-state index >= 15 is 0 Å². The number of aromatic nitrogens is 4. The van der Waals surface area contributed by atoms with Gasteiger partial charge in [0.2, 0.25) is 5.95 Å². The van der Waals surface area contributed by atoms with Gasteiger partial charge in [0.05, 0.1) is 17.3 Å². The minimum Gasteiger partial charge on any atom is -0.344 e. The van der Waals surface area contributed by atoms with Crippen LogP contribution >= 0.6 is 0 Å². The summed E-state index contributed by atoms with van der Waals surface area (Å²) in [6.07, 6.45) is 4.06. The summed E-state index contributed by atoms with van der Waals surface area (Å²) >= 11 is 0. The molecule has 6 nitrogen and oxygen atoms in total. The van der Waals surface area contributed by atoms with Crippen LogP contribution in [0.1, 0.15) is 30.9 Å². The maximum absolute atomic E-state index is 4.87. The van der Waals surface area contributed by atoms with Crippen molar-refractivity contribution >= 4 is 28.5 Å². The van der Waals surface area contributed by atoms with Crippen molar-refractivity contribution in [2.45, 2.75) is 33.6 Å². The molecule has 30 heavy (non-hydrogen) atoms. The van der Waals surface area contributed by atoms with E-state index in [1.54, 1.807) is 0 Å². The molecule has 2 aromatic carbocycles. The predicted octanol–water partition coefficient (Wildman–Crippen LogP) is 5.41. The predicted molar refractivity (Wildman–Crippen MR) is 124 cm³/mol. The highest BCUT2D eigenvalue weighted by Gasteiger charge is 2.16. The van der Waals surface area contributed by atoms with E-state index in [9.17, 15) is 0 Å². The van der Waals surface area contributed by atoms with E-state index in [2.05, 4.69) is 54.3 Å². The first-order chi connectivity index (χ1) is 14.6. The van der Waals surface area contributed by atoms with Crippen molar-refractivity contribution in [3.8, 4) is 5.69 Å². The van der Waals surface area contributed by atoms with Crippen LogP contribution in [0.2, 0.25) is 0 Å². The quantitative estimate of drug-likeness (QED) is 0.449. The fourth-order valence-corrected chi connectivity index (χ4v) is 3.37. The van der Waals surface area contributed by atoms with Crippen molar-refractivity contribution in [1.29, 1.82) is 0 Å². The summed E-state index contributed by atoms with van der Waals surface area (Å²) in [6, 6.07) is 16.4. The van der Waals surface area contributed by atoms with E-state index in [-0.39, 0.29) is 0 Å². The van der Waals surface area contributed by atoms with Crippen LogP contribution in [-0.4, -0.2) is 33.3 Å². The lowest BCUT2D eigenvalue weighted by atomic mass is 10.1. The van der Waals surface area contributed by atoms with Crippen molar-refractivity contribution in [3.63, 3.8) is 0 Å². The third-order valence-electron chi connectivity index (χ3n) is 5.38. The molecule has 0 amide bonds. The highest BCUT2D eigenvalue weighted by Crippen LogP contribution is 2.28. The Labute approximate surface area is 177 Å². The number of benzene rings is 2. The second-order valence-electron chi connectivity index (χ2n) is 7.70. The highest BCUT2D eigenvalue weighted by molar-refractivity contribution is 5.90. The molecule has 0 aliphatic heterocycles. The molecule has 0 bridgehead atoms. The van der Waals surface area contributed by atoms with E-state index in [0.29, 0.717) is 5.95 Å². The third-order valence-corrected chi connectivity index (χ3v) is 5.38. The number of anilines is 3. The summed E-state index contributed by atoms with van der Waals surface area (Å²) in [7, 11) is 2.04. The first-order valence-corrected chi connectivity index (χ1v) is 10.4. The number of nitrogens with one attached hydrogen (secondary N) is 1. The van der Waals surface area contributed by atoms with Gasteiger partial charge < -0.3 is 10.2 Å². The third kappa shape index (κ3) is 3.99. The lowest BCUT2D eigenvalue weighted by Gasteiger charge is -2.18. The standard InChI is InChI=1S/C24H28N6/c1-5-6-14-29(4)24-27-22(26-19-13-12-17(2)18(3)15-19)21-16-25-30(23(21)28-24)20-10-8-7-9-11-20/h7-13,15-16H,5-6,14H2,1-4H3,(H,26,27,28). The number of para-hydroxylation sites is 1. The van der Waals surface area contributed by atoms with Gasteiger partial charge in [-0.25, -0.2) is 4.68 Å². The molecule has 0 fully saturated rings. The van der Waals surface area contributed by atoms with Gasteiger partial charge in [-0.1, -0.05) is 37.6 Å². The summed E-state index contributed by atoms with van der Waals surface area (Å²) in [5.74, 6) is 1.46. The molecule has 0 radical (unpaired) electrons. The molecule has 0 saturated heterocycles. The maximum Gasteiger partial charge on any atom is 0.229 e. The first kappa shape index (κ1) is 19.9. The molecule has 2 aromatic heterocycles. The number of hydrogen-bond acceptors (Lipinski definition) is 5. The zero-order chi connectivity index (χ0) is 21.1. The molecule has 0 atom stereocenters. The molecule has 1 N–H and O–H groups in total. The lowest BCUT2D eigenvalue weighted by molar-refractivity contribution is 0.750. The molecule has 4 aromatic rings. The monoisotopic (exact) mass is 400 g/mol. The van der Waals surface area contributed by atoms with Gasteiger partial charge in [-0.3, -0.25) is 0 Å². The molecule has 0 saturated carbocycles. The van der Waals surface area contributed by atoms with Crippen LogP contribution < -0.4 is 10.2 Å². The number of rotatable bonds is 7. The Morgan fingerprint density at radius 1 is 1.00 bits per heavy atom. The fourth-order valence-electron chi connectivity index (χ4n) is 3.37. The average Bonchev–Trinajstić information content (AvgIpc) is 3.19. The smallest absolute Gasteiger partial charge is 0.229 e. The van der Waals surface area contributed by atoms with E-state index in [0.717, 1.165) is 47.6 Å². The van der Waals surface area contributed by atoms with Crippen molar-refractivity contribution in [1.82, 2.24) is 19.7 Å². The van der Waals surface area contributed by atoms with Gasteiger partial charge in [-0.05, 0) is 55.7 Å². The van der Waals surface area contributed by atoms with Gasteiger partial charge in [0.1, 0.15) is 5.82 Å². The van der Waals surface area contributed by atoms with Gasteiger partial charge in [-0.2, -0.15) is 15.1 Å². The molecule has 2 heterocycles. The number of unbranched alkanes of at least 4 members (excludes halogenated alkanes) is 1. The molecule has 0 spiro atoms. The second kappa shape index (κ2) is 8.53. The van der Waals surface area contributed by atoms with Crippen molar-refractivity contribution in [2.24, 2.45) is 0 Å². The van der Waals surface area contributed by atoms with E-state index in [1.165, 1.54) is 11.1 Å². The van der Waals surface area contributed by atoms with Crippen molar-refractivity contribution in [3.05, 3.63) is 65.9 Å². The van der Waals surface area contributed by atoms with Gasteiger partial charge in [-0.15, -0.1) is 0 Å². The molecule has 0 aliphatic rings. The average molecular weight is 401 g/mol. The Kier molecular flexibility index (Phi) is 5.65.